The first-order valence-corrected chi connectivity index (χ1v) is 4.25. The van der Waals surface area contributed by atoms with Crippen LogP contribution >= 0.6 is 0 Å². The van der Waals surface area contributed by atoms with Crippen LogP contribution in [0.2, 0.25) is 0 Å². The van der Waals surface area contributed by atoms with Crippen LogP contribution in [0.3, 0.4) is 0 Å². The molecule has 0 saturated carbocycles. The Bertz CT molecular complexity index is 496. The molecule has 1 aliphatic heterocycles. The van der Waals surface area contributed by atoms with E-state index in [-0.39, 0.29) is 5.57 Å². The van der Waals surface area contributed by atoms with E-state index in [1.54, 1.807) is 18.2 Å². The van der Waals surface area contributed by atoms with E-state index in [0.29, 0.717) is 11.3 Å². The molecule has 0 radical (unpaired) electrons. The Morgan fingerprint density at radius 3 is 2.27 bits per heavy atom. The van der Waals surface area contributed by atoms with Crippen molar-refractivity contribution in [2.24, 2.45) is 0 Å². The summed E-state index contributed by atoms with van der Waals surface area (Å²) in [6, 6.07) is 5.48. The van der Waals surface area contributed by atoms with Crippen molar-refractivity contribution < 1.29 is 0 Å². The molecule has 0 aromatic rings. The van der Waals surface area contributed by atoms with Gasteiger partial charge >= 0.3 is 0 Å². The van der Waals surface area contributed by atoms with Gasteiger partial charge in [-0.3, -0.25) is 0 Å². The molecular weight excluding hydrogens is 188 g/mol. The molecule has 72 valence electrons. The molecule has 1 N–H and O–H groups in total. The van der Waals surface area contributed by atoms with E-state index >= 15 is 0 Å². The minimum atomic E-state index is -0.0744. The van der Waals surface area contributed by atoms with E-state index in [4.69, 9.17) is 15.8 Å². The second-order valence-electron chi connectivity index (χ2n) is 3.08. The lowest BCUT2D eigenvalue weighted by Gasteiger charge is -2.17. The van der Waals surface area contributed by atoms with Crippen molar-refractivity contribution in [1.82, 2.24) is 5.32 Å². The molecule has 4 nitrogen and oxygen atoms in total. The van der Waals surface area contributed by atoms with Crippen molar-refractivity contribution in [3.63, 3.8) is 0 Å². The molecule has 0 fully saturated rings. The molecule has 0 bridgehead atoms. The second-order valence-corrected chi connectivity index (χ2v) is 3.08. The number of hydrogen-bond acceptors (Lipinski definition) is 4. The minimum absolute atomic E-state index is 0.0744. The van der Waals surface area contributed by atoms with Crippen molar-refractivity contribution >= 4 is 0 Å². The fourth-order valence-corrected chi connectivity index (χ4v) is 1.17. The van der Waals surface area contributed by atoms with E-state index in [9.17, 15) is 0 Å². The highest BCUT2D eigenvalue weighted by molar-refractivity contribution is 5.58. The van der Waals surface area contributed by atoms with Crippen molar-refractivity contribution in [2.45, 2.75) is 13.8 Å². The third-order valence-electron chi connectivity index (χ3n) is 2.13. The molecule has 0 amide bonds. The van der Waals surface area contributed by atoms with Gasteiger partial charge in [-0.1, -0.05) is 0 Å². The predicted octanol–water partition coefficient (Wildman–Crippen LogP) is 1.63. The normalized spacial score (nSPS) is 14.3. The summed E-state index contributed by atoms with van der Waals surface area (Å²) >= 11 is 0. The van der Waals surface area contributed by atoms with Gasteiger partial charge in [0.2, 0.25) is 0 Å². The van der Waals surface area contributed by atoms with Crippen LogP contribution in [0.1, 0.15) is 13.8 Å². The number of nitriles is 3. The van der Waals surface area contributed by atoms with Crippen LogP contribution in [0.4, 0.5) is 0 Å². The van der Waals surface area contributed by atoms with Gasteiger partial charge in [0.25, 0.3) is 0 Å². The van der Waals surface area contributed by atoms with Gasteiger partial charge in [-0.15, -0.1) is 0 Å². The molecular formula is C11H8N4. The van der Waals surface area contributed by atoms with Gasteiger partial charge in [-0.2, -0.15) is 15.8 Å². The van der Waals surface area contributed by atoms with E-state index < -0.39 is 0 Å². The molecule has 15 heavy (non-hydrogen) atoms. The summed E-state index contributed by atoms with van der Waals surface area (Å²) in [5.41, 5.74) is 2.30. The highest BCUT2D eigenvalue weighted by Gasteiger charge is 2.16. The Morgan fingerprint density at radius 1 is 1.20 bits per heavy atom. The highest BCUT2D eigenvalue weighted by atomic mass is 14.9. The molecule has 0 aromatic carbocycles. The summed E-state index contributed by atoms with van der Waals surface area (Å²) in [5.74, 6) is 0. The molecule has 4 heteroatoms. The van der Waals surface area contributed by atoms with Gasteiger partial charge in [-0.05, 0) is 25.5 Å². The molecule has 0 spiro atoms. The third kappa shape index (κ3) is 1.88. The number of rotatable bonds is 0. The van der Waals surface area contributed by atoms with Crippen LogP contribution in [0.5, 0.6) is 0 Å². The average Bonchev–Trinajstić information content (AvgIpc) is 2.24. The maximum absolute atomic E-state index is 8.87. The summed E-state index contributed by atoms with van der Waals surface area (Å²) in [6.45, 7) is 3.68. The SMILES string of the molecule is CC1=C(C)NC(=C(C#N)C#N)C(C#N)=C1. The van der Waals surface area contributed by atoms with Gasteiger partial charge in [-0.25, -0.2) is 0 Å². The maximum atomic E-state index is 8.87. The third-order valence-corrected chi connectivity index (χ3v) is 2.13. The molecule has 0 saturated heterocycles. The van der Waals surface area contributed by atoms with Crippen molar-refractivity contribution in [3.8, 4) is 18.2 Å². The first-order valence-electron chi connectivity index (χ1n) is 4.25. The first-order chi connectivity index (χ1) is 7.13. The molecule has 1 rings (SSSR count). The van der Waals surface area contributed by atoms with Crippen LogP contribution in [0.15, 0.2) is 34.2 Å². The fraction of sp³-hybridized carbons (Fsp3) is 0.182. The van der Waals surface area contributed by atoms with Crippen molar-refractivity contribution in [3.05, 3.63) is 34.2 Å². The standard InChI is InChI=1S/C11H8N4/c1-7-3-9(4-12)11(15-8(7)2)10(5-13)6-14/h3,15H,1-2H3. The Hall–Kier alpha value is -2.51. The lowest BCUT2D eigenvalue weighted by molar-refractivity contribution is 0.940. The van der Waals surface area contributed by atoms with Crippen LogP contribution < -0.4 is 5.32 Å². The van der Waals surface area contributed by atoms with Gasteiger partial charge in [0.05, 0.1) is 11.3 Å². The zero-order valence-electron chi connectivity index (χ0n) is 8.42. The number of dihydropyridines is 1. The van der Waals surface area contributed by atoms with Crippen molar-refractivity contribution in [2.75, 3.05) is 0 Å². The Morgan fingerprint density at radius 2 is 1.80 bits per heavy atom. The van der Waals surface area contributed by atoms with E-state index in [1.165, 1.54) is 0 Å². The molecule has 0 aliphatic carbocycles. The summed E-state index contributed by atoms with van der Waals surface area (Å²) in [4.78, 5) is 0. The monoisotopic (exact) mass is 196 g/mol. The summed E-state index contributed by atoms with van der Waals surface area (Å²) < 4.78 is 0. The topological polar surface area (TPSA) is 83.4 Å². The number of nitrogens with zero attached hydrogens (tertiary/aromatic N) is 3. The maximum Gasteiger partial charge on any atom is 0.154 e. The molecule has 0 unspecified atom stereocenters. The molecule has 1 heterocycles. The second kappa shape index (κ2) is 4.13. The Labute approximate surface area is 88.0 Å². The zero-order chi connectivity index (χ0) is 11.4. The lowest BCUT2D eigenvalue weighted by atomic mass is 10.0. The van der Waals surface area contributed by atoms with E-state index in [0.717, 1.165) is 11.3 Å². The zero-order valence-corrected chi connectivity index (χ0v) is 8.42. The van der Waals surface area contributed by atoms with Gasteiger partial charge in [0, 0.05) is 5.70 Å². The van der Waals surface area contributed by atoms with Crippen LogP contribution in [0.25, 0.3) is 0 Å². The highest BCUT2D eigenvalue weighted by Crippen LogP contribution is 2.21. The molecule has 0 aromatic heterocycles. The van der Waals surface area contributed by atoms with E-state index in [1.807, 2.05) is 19.9 Å². The van der Waals surface area contributed by atoms with Crippen LogP contribution in [-0.2, 0) is 0 Å². The average molecular weight is 196 g/mol. The summed E-state index contributed by atoms with van der Waals surface area (Å²) in [5, 5.41) is 29.2. The molecule has 0 atom stereocenters. The Balaban J connectivity index is 3.39. The minimum Gasteiger partial charge on any atom is -0.356 e. The number of allylic oxidation sites excluding steroid dienone is 5. The summed E-state index contributed by atoms with van der Waals surface area (Å²) in [7, 11) is 0. The smallest absolute Gasteiger partial charge is 0.154 e. The first kappa shape index (κ1) is 10.6. The van der Waals surface area contributed by atoms with Gasteiger partial charge in [0.15, 0.2) is 5.57 Å². The number of hydrogen-bond donors (Lipinski definition) is 1. The fourth-order valence-electron chi connectivity index (χ4n) is 1.17. The van der Waals surface area contributed by atoms with E-state index in [2.05, 4.69) is 5.32 Å². The predicted molar refractivity (Wildman–Crippen MR) is 53.5 cm³/mol. The Kier molecular flexibility index (Phi) is 2.91. The quantitative estimate of drug-likeness (QED) is 0.597. The van der Waals surface area contributed by atoms with Crippen LogP contribution in [0, 0.1) is 34.0 Å². The largest absolute Gasteiger partial charge is 0.356 e. The molecule has 1 aliphatic rings. The number of nitrogens with one attached hydrogen (secondary N) is 1. The lowest BCUT2D eigenvalue weighted by Crippen LogP contribution is -2.19. The van der Waals surface area contributed by atoms with Gasteiger partial charge < -0.3 is 5.32 Å². The van der Waals surface area contributed by atoms with Crippen molar-refractivity contribution in [1.29, 1.82) is 15.8 Å². The van der Waals surface area contributed by atoms with Gasteiger partial charge in [0.1, 0.15) is 18.2 Å². The van der Waals surface area contributed by atoms with Crippen LogP contribution in [-0.4, -0.2) is 0 Å². The summed E-state index contributed by atoms with van der Waals surface area (Å²) in [6.07, 6.45) is 1.66.